The zero-order valence-electron chi connectivity index (χ0n) is 13.6. The van der Waals surface area contributed by atoms with Gasteiger partial charge in [0.1, 0.15) is 5.82 Å². The molecule has 23 heavy (non-hydrogen) atoms. The molecule has 1 unspecified atom stereocenters. The van der Waals surface area contributed by atoms with Gasteiger partial charge in [0.05, 0.1) is 6.54 Å². The van der Waals surface area contributed by atoms with Crippen molar-refractivity contribution in [3.05, 3.63) is 35.6 Å². The van der Waals surface area contributed by atoms with E-state index in [4.69, 9.17) is 0 Å². The Hall–Kier alpha value is -1.46. The fourth-order valence-corrected chi connectivity index (χ4v) is 3.72. The van der Waals surface area contributed by atoms with Crippen molar-refractivity contribution < 1.29 is 9.18 Å². The molecule has 0 aliphatic carbocycles. The van der Waals surface area contributed by atoms with E-state index in [1.807, 2.05) is 0 Å². The molecule has 2 saturated heterocycles. The zero-order valence-corrected chi connectivity index (χ0v) is 13.6. The van der Waals surface area contributed by atoms with Crippen LogP contribution in [0.3, 0.4) is 0 Å². The highest BCUT2D eigenvalue weighted by Gasteiger charge is 2.28. The van der Waals surface area contributed by atoms with Crippen LogP contribution in [0.1, 0.15) is 31.2 Å². The third-order valence-electron chi connectivity index (χ3n) is 5.10. The van der Waals surface area contributed by atoms with E-state index >= 15 is 0 Å². The number of carbonyl (C=O) groups is 1. The molecule has 0 saturated carbocycles. The first-order valence-corrected chi connectivity index (χ1v) is 8.68. The number of hydrogen-bond acceptors (Lipinski definition) is 3. The van der Waals surface area contributed by atoms with E-state index in [1.165, 1.54) is 18.9 Å². The summed E-state index contributed by atoms with van der Waals surface area (Å²) in [7, 11) is 0. The molecule has 1 aromatic rings. The Morgan fingerprint density at radius 2 is 2.04 bits per heavy atom. The first-order valence-electron chi connectivity index (χ1n) is 8.68. The van der Waals surface area contributed by atoms with E-state index in [2.05, 4.69) is 15.5 Å². The number of piperidine rings is 1. The Bertz CT molecular complexity index is 523. The molecule has 2 N–H and O–H groups in total. The van der Waals surface area contributed by atoms with Crippen molar-refractivity contribution in [2.75, 3.05) is 26.2 Å². The maximum atomic E-state index is 13.5. The highest BCUT2D eigenvalue weighted by atomic mass is 19.1. The van der Waals surface area contributed by atoms with Crippen molar-refractivity contribution in [2.45, 2.75) is 38.3 Å². The van der Waals surface area contributed by atoms with Crippen LogP contribution in [0, 0.1) is 11.7 Å². The van der Waals surface area contributed by atoms with Gasteiger partial charge in [-0.3, -0.25) is 9.69 Å². The number of hydrogen-bond donors (Lipinski definition) is 2. The van der Waals surface area contributed by atoms with E-state index in [0.29, 0.717) is 18.2 Å². The monoisotopic (exact) mass is 319 g/mol. The van der Waals surface area contributed by atoms with Gasteiger partial charge in [0.25, 0.3) is 0 Å². The number of nitrogens with zero attached hydrogens (tertiary/aromatic N) is 1. The molecule has 1 amide bonds. The number of halogens is 1. The topological polar surface area (TPSA) is 44.4 Å². The predicted molar refractivity (Wildman–Crippen MR) is 88.4 cm³/mol. The Morgan fingerprint density at radius 1 is 1.26 bits per heavy atom. The van der Waals surface area contributed by atoms with Crippen molar-refractivity contribution in [2.24, 2.45) is 5.92 Å². The van der Waals surface area contributed by atoms with Gasteiger partial charge in [-0.05, 0) is 57.3 Å². The standard InChI is InChI=1S/C18H26FN3O/c19-16-5-2-1-4-15(16)12-21-18(23)13-22-10-7-14(8-11-22)17-6-3-9-20-17/h1-2,4-5,14,17,20H,3,6-13H2,(H,21,23). The van der Waals surface area contributed by atoms with E-state index in [9.17, 15) is 9.18 Å². The summed E-state index contributed by atoms with van der Waals surface area (Å²) in [6.45, 7) is 3.79. The second-order valence-corrected chi connectivity index (χ2v) is 6.68. The van der Waals surface area contributed by atoms with Crippen LogP contribution >= 0.6 is 0 Å². The number of benzene rings is 1. The van der Waals surface area contributed by atoms with Gasteiger partial charge in [-0.15, -0.1) is 0 Å². The van der Waals surface area contributed by atoms with Gasteiger partial charge in [-0.25, -0.2) is 4.39 Å². The second kappa shape index (κ2) is 7.88. The Morgan fingerprint density at radius 3 is 2.74 bits per heavy atom. The minimum atomic E-state index is -0.266. The number of nitrogens with one attached hydrogen (secondary N) is 2. The molecule has 2 fully saturated rings. The summed E-state index contributed by atoms with van der Waals surface area (Å²) < 4.78 is 13.5. The zero-order chi connectivity index (χ0) is 16.1. The normalized spacial score (nSPS) is 23.1. The van der Waals surface area contributed by atoms with E-state index in [-0.39, 0.29) is 18.3 Å². The number of carbonyl (C=O) groups excluding carboxylic acids is 1. The molecular formula is C18H26FN3O. The van der Waals surface area contributed by atoms with Gasteiger partial charge in [0.2, 0.25) is 5.91 Å². The molecule has 1 atom stereocenters. The van der Waals surface area contributed by atoms with Gasteiger partial charge >= 0.3 is 0 Å². The van der Waals surface area contributed by atoms with Crippen LogP contribution in [0.25, 0.3) is 0 Å². The smallest absolute Gasteiger partial charge is 0.234 e. The summed E-state index contributed by atoms with van der Waals surface area (Å²) in [4.78, 5) is 14.3. The summed E-state index contributed by atoms with van der Waals surface area (Å²) in [6, 6.07) is 7.25. The van der Waals surface area contributed by atoms with Crippen LogP contribution in [0.4, 0.5) is 4.39 Å². The maximum absolute atomic E-state index is 13.5. The van der Waals surface area contributed by atoms with E-state index in [1.54, 1.807) is 18.2 Å². The van der Waals surface area contributed by atoms with Crippen LogP contribution < -0.4 is 10.6 Å². The average molecular weight is 319 g/mol. The Balaban J connectivity index is 1.38. The van der Waals surface area contributed by atoms with Crippen molar-refractivity contribution in [3.63, 3.8) is 0 Å². The third-order valence-corrected chi connectivity index (χ3v) is 5.10. The van der Waals surface area contributed by atoms with Crippen LogP contribution in [-0.2, 0) is 11.3 Å². The maximum Gasteiger partial charge on any atom is 0.234 e. The van der Waals surface area contributed by atoms with Gasteiger partial charge in [-0.1, -0.05) is 18.2 Å². The molecule has 0 aromatic heterocycles. The molecule has 4 nitrogen and oxygen atoms in total. The molecule has 2 heterocycles. The van der Waals surface area contributed by atoms with Crippen LogP contribution in [-0.4, -0.2) is 43.0 Å². The van der Waals surface area contributed by atoms with Crippen LogP contribution in [0.5, 0.6) is 0 Å². The summed E-state index contributed by atoms with van der Waals surface area (Å²) in [5.74, 6) is 0.471. The first kappa shape index (κ1) is 16.4. The first-order chi connectivity index (χ1) is 11.2. The lowest BCUT2D eigenvalue weighted by Crippen LogP contribution is -2.44. The van der Waals surface area contributed by atoms with Crippen LogP contribution in [0.2, 0.25) is 0 Å². The summed E-state index contributed by atoms with van der Waals surface area (Å²) >= 11 is 0. The molecule has 2 aliphatic heterocycles. The fourth-order valence-electron chi connectivity index (χ4n) is 3.72. The highest BCUT2D eigenvalue weighted by molar-refractivity contribution is 5.78. The van der Waals surface area contributed by atoms with Gasteiger partial charge in [0.15, 0.2) is 0 Å². The molecule has 126 valence electrons. The summed E-state index contributed by atoms with van der Waals surface area (Å²) in [5.41, 5.74) is 0.534. The lowest BCUT2D eigenvalue weighted by molar-refractivity contribution is -0.122. The molecule has 2 aliphatic rings. The van der Waals surface area contributed by atoms with Gasteiger partial charge < -0.3 is 10.6 Å². The minimum Gasteiger partial charge on any atom is -0.351 e. The fraction of sp³-hybridized carbons (Fsp3) is 0.611. The minimum absolute atomic E-state index is 0.0225. The molecular weight excluding hydrogens is 293 g/mol. The molecule has 1 aromatic carbocycles. The number of rotatable bonds is 5. The second-order valence-electron chi connectivity index (χ2n) is 6.68. The van der Waals surface area contributed by atoms with Crippen LogP contribution in [0.15, 0.2) is 24.3 Å². The number of likely N-dealkylation sites (tertiary alicyclic amines) is 1. The molecule has 3 rings (SSSR count). The lowest BCUT2D eigenvalue weighted by Gasteiger charge is -2.34. The van der Waals surface area contributed by atoms with Crippen molar-refractivity contribution in [1.29, 1.82) is 0 Å². The molecule has 0 spiro atoms. The number of amides is 1. The van der Waals surface area contributed by atoms with Gasteiger partial charge in [-0.2, -0.15) is 0 Å². The van der Waals surface area contributed by atoms with Crippen molar-refractivity contribution in [3.8, 4) is 0 Å². The quantitative estimate of drug-likeness (QED) is 0.871. The van der Waals surface area contributed by atoms with E-state index in [0.717, 1.165) is 38.4 Å². The molecule has 0 bridgehead atoms. The van der Waals surface area contributed by atoms with Crippen molar-refractivity contribution >= 4 is 5.91 Å². The van der Waals surface area contributed by atoms with Gasteiger partial charge in [0, 0.05) is 18.2 Å². The summed E-state index contributed by atoms with van der Waals surface area (Å²) in [5, 5.41) is 6.41. The Kier molecular flexibility index (Phi) is 5.62. The predicted octanol–water partition coefficient (Wildman–Crippen LogP) is 1.91. The largest absolute Gasteiger partial charge is 0.351 e. The summed E-state index contributed by atoms with van der Waals surface area (Å²) in [6.07, 6.45) is 4.92. The lowest BCUT2D eigenvalue weighted by atomic mass is 9.88. The Labute approximate surface area is 137 Å². The SMILES string of the molecule is O=C(CN1CCC(C2CCCN2)CC1)NCc1ccccc1F. The highest BCUT2D eigenvalue weighted by Crippen LogP contribution is 2.25. The average Bonchev–Trinajstić information content (AvgIpc) is 3.09. The molecule has 0 radical (unpaired) electrons. The van der Waals surface area contributed by atoms with E-state index < -0.39 is 0 Å². The third kappa shape index (κ3) is 4.52. The van der Waals surface area contributed by atoms with Crippen molar-refractivity contribution in [1.82, 2.24) is 15.5 Å². The molecule has 5 heteroatoms.